The number of amides is 3. The lowest BCUT2D eigenvalue weighted by molar-refractivity contribution is -0.134. The lowest BCUT2D eigenvalue weighted by Gasteiger charge is -2.36. The summed E-state index contributed by atoms with van der Waals surface area (Å²) in [6.45, 7) is 8.91. The molecule has 0 aliphatic carbocycles. The molecule has 3 aliphatic rings. The number of fused-ring (bicyclic) bond motifs is 1. The summed E-state index contributed by atoms with van der Waals surface area (Å²) in [5, 5.41) is 3.04. The molecule has 180 valence electrons. The molecule has 0 spiro atoms. The first kappa shape index (κ1) is 22.7. The summed E-state index contributed by atoms with van der Waals surface area (Å²) in [6.07, 6.45) is 0.571. The number of piperazine rings is 1. The molecule has 3 amide bonds. The van der Waals surface area contributed by atoms with E-state index in [9.17, 15) is 9.59 Å². The van der Waals surface area contributed by atoms with Gasteiger partial charge in [0.2, 0.25) is 6.79 Å². The number of carbonyl (C=O) groups is 2. The van der Waals surface area contributed by atoms with Crippen molar-refractivity contribution in [1.29, 1.82) is 0 Å². The molecule has 3 heterocycles. The second-order valence-corrected chi connectivity index (χ2v) is 9.76. The van der Waals surface area contributed by atoms with E-state index in [1.54, 1.807) is 0 Å². The average molecular weight is 465 g/mol. The molecule has 1 N–H and O–H groups in total. The standard InChI is InChI=1S/C26H32N4O4/c1-19(2)15-26(21-6-4-3-5-7-21)24(31)30(25(32)27-26)17-29-12-10-28(11-13-29)16-20-8-9-22-23(14-20)34-18-33-22/h3-9,14,19H,10-13,15-18H2,1-2H3,(H,27,32)/t26-/m1/s1. The third-order valence-electron chi connectivity index (χ3n) is 6.81. The Kier molecular flexibility index (Phi) is 6.18. The van der Waals surface area contributed by atoms with Gasteiger partial charge in [0.15, 0.2) is 11.5 Å². The molecule has 2 aromatic rings. The van der Waals surface area contributed by atoms with Crippen molar-refractivity contribution in [3.63, 3.8) is 0 Å². The Bertz CT molecular complexity index is 1050. The third kappa shape index (κ3) is 4.35. The number of hydrogen-bond acceptors (Lipinski definition) is 6. The van der Waals surface area contributed by atoms with Crippen LogP contribution in [0.5, 0.6) is 11.5 Å². The van der Waals surface area contributed by atoms with Crippen LogP contribution in [-0.2, 0) is 16.9 Å². The Balaban J connectivity index is 1.21. The van der Waals surface area contributed by atoms with Crippen molar-refractivity contribution < 1.29 is 19.1 Å². The van der Waals surface area contributed by atoms with Gasteiger partial charge in [-0.25, -0.2) is 9.69 Å². The number of imide groups is 1. The summed E-state index contributed by atoms with van der Waals surface area (Å²) in [6, 6.07) is 15.4. The topological polar surface area (TPSA) is 74.4 Å². The van der Waals surface area contributed by atoms with Gasteiger partial charge in [-0.05, 0) is 35.6 Å². The van der Waals surface area contributed by atoms with Crippen LogP contribution in [-0.4, -0.2) is 66.3 Å². The zero-order valence-electron chi connectivity index (χ0n) is 19.8. The van der Waals surface area contributed by atoms with Gasteiger partial charge in [0.05, 0.1) is 6.67 Å². The van der Waals surface area contributed by atoms with Crippen molar-refractivity contribution in [3.05, 3.63) is 59.7 Å². The molecule has 2 saturated heterocycles. The normalized spacial score (nSPS) is 23.1. The van der Waals surface area contributed by atoms with E-state index in [-0.39, 0.29) is 24.6 Å². The fourth-order valence-corrected chi connectivity index (χ4v) is 5.13. The molecule has 34 heavy (non-hydrogen) atoms. The van der Waals surface area contributed by atoms with E-state index in [4.69, 9.17) is 9.47 Å². The molecule has 0 unspecified atom stereocenters. The van der Waals surface area contributed by atoms with Crippen LogP contribution in [0.4, 0.5) is 4.79 Å². The van der Waals surface area contributed by atoms with Crippen LogP contribution in [0.3, 0.4) is 0 Å². The maximum Gasteiger partial charge on any atom is 0.326 e. The van der Waals surface area contributed by atoms with Crippen LogP contribution in [0.15, 0.2) is 48.5 Å². The van der Waals surface area contributed by atoms with E-state index in [0.29, 0.717) is 13.1 Å². The number of urea groups is 1. The van der Waals surface area contributed by atoms with Crippen LogP contribution in [0.1, 0.15) is 31.4 Å². The van der Waals surface area contributed by atoms with Crippen LogP contribution in [0, 0.1) is 5.92 Å². The number of benzene rings is 2. The molecule has 1 atom stereocenters. The lowest BCUT2D eigenvalue weighted by atomic mass is 9.82. The quantitative estimate of drug-likeness (QED) is 0.635. The van der Waals surface area contributed by atoms with E-state index >= 15 is 0 Å². The molecule has 0 aromatic heterocycles. The van der Waals surface area contributed by atoms with Crippen LogP contribution in [0.2, 0.25) is 0 Å². The second-order valence-electron chi connectivity index (χ2n) is 9.76. The number of rotatable bonds is 7. The molecule has 3 aliphatic heterocycles. The number of carbonyl (C=O) groups excluding carboxylic acids is 2. The maximum absolute atomic E-state index is 13.6. The van der Waals surface area contributed by atoms with E-state index in [2.05, 4.69) is 35.0 Å². The summed E-state index contributed by atoms with van der Waals surface area (Å²) < 4.78 is 10.9. The molecule has 2 aromatic carbocycles. The first-order valence-corrected chi connectivity index (χ1v) is 12.0. The van der Waals surface area contributed by atoms with E-state index in [1.165, 1.54) is 10.5 Å². The monoisotopic (exact) mass is 464 g/mol. The summed E-state index contributed by atoms with van der Waals surface area (Å²) in [5.74, 6) is 1.70. The zero-order valence-corrected chi connectivity index (χ0v) is 19.8. The van der Waals surface area contributed by atoms with Gasteiger partial charge in [0.25, 0.3) is 5.91 Å². The van der Waals surface area contributed by atoms with Crippen LogP contribution >= 0.6 is 0 Å². The molecule has 0 bridgehead atoms. The number of ether oxygens (including phenoxy) is 2. The highest BCUT2D eigenvalue weighted by Gasteiger charge is 2.52. The van der Waals surface area contributed by atoms with Crippen molar-refractivity contribution in [2.45, 2.75) is 32.4 Å². The minimum Gasteiger partial charge on any atom is -0.454 e. The molecule has 5 rings (SSSR count). The fourth-order valence-electron chi connectivity index (χ4n) is 5.13. The number of nitrogens with zero attached hydrogens (tertiary/aromatic N) is 3. The minimum atomic E-state index is -0.992. The van der Waals surface area contributed by atoms with Gasteiger partial charge >= 0.3 is 6.03 Å². The van der Waals surface area contributed by atoms with Gasteiger partial charge in [0, 0.05) is 32.7 Å². The highest BCUT2D eigenvalue weighted by molar-refractivity contribution is 6.07. The van der Waals surface area contributed by atoms with E-state index < -0.39 is 5.54 Å². The van der Waals surface area contributed by atoms with E-state index in [0.717, 1.165) is 49.8 Å². The third-order valence-corrected chi connectivity index (χ3v) is 6.81. The summed E-state index contributed by atoms with van der Waals surface area (Å²) >= 11 is 0. The van der Waals surface area contributed by atoms with Gasteiger partial charge in [-0.15, -0.1) is 0 Å². The predicted molar refractivity (Wildman–Crippen MR) is 127 cm³/mol. The Labute approximate surface area is 200 Å². The van der Waals surface area contributed by atoms with Crippen LogP contribution < -0.4 is 14.8 Å². The molecular weight excluding hydrogens is 432 g/mol. The lowest BCUT2D eigenvalue weighted by Crippen LogP contribution is -2.51. The molecule has 2 fully saturated rings. The second kappa shape index (κ2) is 9.27. The first-order chi connectivity index (χ1) is 16.4. The highest BCUT2D eigenvalue weighted by Crippen LogP contribution is 2.35. The summed E-state index contributed by atoms with van der Waals surface area (Å²) in [5.41, 5.74) is 1.04. The molecular formula is C26H32N4O4. The SMILES string of the molecule is CC(C)C[C@]1(c2ccccc2)NC(=O)N(CN2CCN(Cc3ccc4c(c3)OCO4)CC2)C1=O. The number of hydrogen-bond donors (Lipinski definition) is 1. The Morgan fingerprint density at radius 2 is 1.65 bits per heavy atom. The highest BCUT2D eigenvalue weighted by atomic mass is 16.7. The largest absolute Gasteiger partial charge is 0.454 e. The smallest absolute Gasteiger partial charge is 0.326 e. The van der Waals surface area contributed by atoms with Crippen molar-refractivity contribution >= 4 is 11.9 Å². The van der Waals surface area contributed by atoms with Gasteiger partial charge < -0.3 is 14.8 Å². The molecule has 8 heteroatoms. The number of nitrogens with one attached hydrogen (secondary N) is 1. The zero-order chi connectivity index (χ0) is 23.7. The first-order valence-electron chi connectivity index (χ1n) is 12.0. The summed E-state index contributed by atoms with van der Waals surface area (Å²) in [7, 11) is 0. The van der Waals surface area contributed by atoms with Gasteiger partial charge in [-0.3, -0.25) is 14.6 Å². The van der Waals surface area contributed by atoms with Gasteiger partial charge in [-0.2, -0.15) is 0 Å². The fraction of sp³-hybridized carbons (Fsp3) is 0.462. The minimum absolute atomic E-state index is 0.153. The molecule has 0 radical (unpaired) electrons. The molecule has 0 saturated carbocycles. The Morgan fingerprint density at radius 1 is 0.941 bits per heavy atom. The molecule has 8 nitrogen and oxygen atoms in total. The Morgan fingerprint density at radius 3 is 2.38 bits per heavy atom. The van der Waals surface area contributed by atoms with E-state index in [1.807, 2.05) is 42.5 Å². The van der Waals surface area contributed by atoms with Crippen molar-refractivity contribution in [2.24, 2.45) is 5.92 Å². The van der Waals surface area contributed by atoms with Crippen LogP contribution in [0.25, 0.3) is 0 Å². The van der Waals surface area contributed by atoms with Crippen molar-refractivity contribution in [3.8, 4) is 11.5 Å². The predicted octanol–water partition coefficient (Wildman–Crippen LogP) is 2.98. The van der Waals surface area contributed by atoms with Gasteiger partial charge in [-0.1, -0.05) is 50.2 Å². The van der Waals surface area contributed by atoms with Gasteiger partial charge in [0.1, 0.15) is 5.54 Å². The average Bonchev–Trinajstić information content (AvgIpc) is 3.39. The van der Waals surface area contributed by atoms with Crippen molar-refractivity contribution in [2.75, 3.05) is 39.6 Å². The maximum atomic E-state index is 13.6. The van der Waals surface area contributed by atoms with Crippen molar-refractivity contribution in [1.82, 2.24) is 20.0 Å². The summed E-state index contributed by atoms with van der Waals surface area (Å²) in [4.78, 5) is 32.5. The Hall–Kier alpha value is -3.10.